The van der Waals surface area contributed by atoms with Crippen molar-refractivity contribution in [1.29, 1.82) is 0 Å². The minimum atomic E-state index is -0.0899. The van der Waals surface area contributed by atoms with Crippen molar-refractivity contribution in [2.75, 3.05) is 4.90 Å². The topological polar surface area (TPSA) is 37.4 Å². The van der Waals surface area contributed by atoms with Crippen molar-refractivity contribution in [1.82, 2.24) is 0 Å². The van der Waals surface area contributed by atoms with Gasteiger partial charge in [0.2, 0.25) is 11.8 Å². The number of benzene rings is 1. The van der Waals surface area contributed by atoms with Gasteiger partial charge < -0.3 is 0 Å². The lowest BCUT2D eigenvalue weighted by atomic mass is 9.76. The second kappa shape index (κ2) is 4.72. The van der Waals surface area contributed by atoms with Crippen LogP contribution in [-0.4, -0.2) is 11.8 Å². The van der Waals surface area contributed by atoms with E-state index in [-0.39, 0.29) is 23.7 Å². The molecule has 3 nitrogen and oxygen atoms in total. The lowest BCUT2D eigenvalue weighted by molar-refractivity contribution is -0.122. The summed E-state index contributed by atoms with van der Waals surface area (Å²) >= 11 is 0. The van der Waals surface area contributed by atoms with Crippen molar-refractivity contribution in [3.05, 3.63) is 29.3 Å². The van der Waals surface area contributed by atoms with Gasteiger partial charge in [-0.15, -0.1) is 0 Å². The fourth-order valence-corrected chi connectivity index (χ4v) is 3.51. The maximum Gasteiger partial charge on any atom is 0.237 e. The molecule has 3 heteroatoms. The van der Waals surface area contributed by atoms with Gasteiger partial charge in [0.25, 0.3) is 0 Å². The first kappa shape index (κ1) is 13.3. The zero-order valence-electron chi connectivity index (χ0n) is 12.3. The van der Waals surface area contributed by atoms with Crippen molar-refractivity contribution in [3.63, 3.8) is 0 Å². The predicted octanol–water partition coefficient (Wildman–Crippen LogP) is 3.23. The number of carbonyl (C=O) groups excluding carboxylic acids is 2. The number of imide groups is 1. The molecule has 20 heavy (non-hydrogen) atoms. The second-order valence-corrected chi connectivity index (χ2v) is 6.41. The predicted molar refractivity (Wildman–Crippen MR) is 78.4 cm³/mol. The molecule has 2 aliphatic rings. The highest BCUT2D eigenvalue weighted by Crippen LogP contribution is 2.42. The average Bonchev–Trinajstić information content (AvgIpc) is 2.65. The van der Waals surface area contributed by atoms with Crippen molar-refractivity contribution in [2.24, 2.45) is 17.8 Å². The molecule has 0 radical (unpaired) electrons. The van der Waals surface area contributed by atoms with Crippen LogP contribution in [0.1, 0.15) is 37.3 Å². The molecule has 0 N–H and O–H groups in total. The van der Waals surface area contributed by atoms with Crippen LogP contribution in [0.3, 0.4) is 0 Å². The number of carbonyl (C=O) groups is 2. The van der Waals surface area contributed by atoms with Gasteiger partial charge >= 0.3 is 0 Å². The van der Waals surface area contributed by atoms with E-state index in [9.17, 15) is 9.59 Å². The van der Waals surface area contributed by atoms with Crippen LogP contribution in [-0.2, 0) is 9.59 Å². The Labute approximate surface area is 120 Å². The molecule has 1 aromatic rings. The summed E-state index contributed by atoms with van der Waals surface area (Å²) in [4.78, 5) is 26.6. The van der Waals surface area contributed by atoms with Gasteiger partial charge in [-0.25, -0.2) is 0 Å². The lowest BCUT2D eigenvalue weighted by Gasteiger charge is -2.25. The van der Waals surface area contributed by atoms with Crippen LogP contribution in [0.5, 0.6) is 0 Å². The summed E-state index contributed by atoms with van der Waals surface area (Å²) in [6.45, 7) is 6.22. The van der Waals surface area contributed by atoms with Crippen LogP contribution in [0.25, 0.3) is 0 Å². The number of nitrogens with zero attached hydrogens (tertiary/aromatic N) is 1. The Morgan fingerprint density at radius 2 is 1.70 bits per heavy atom. The highest BCUT2D eigenvalue weighted by Gasteiger charge is 2.49. The standard InChI is InChI=1S/C17H21NO2/c1-10-4-7-14-15(8-10)17(20)18(16(14)19)13-6-5-11(2)12(3)9-13/h5-6,9-10,14-15H,4,7-8H2,1-3H3/t10-,14-,15-/m0/s1. The molecule has 2 fully saturated rings. The number of hydrogen-bond donors (Lipinski definition) is 0. The maximum atomic E-state index is 12.6. The summed E-state index contributed by atoms with van der Waals surface area (Å²) in [5, 5.41) is 0. The van der Waals surface area contributed by atoms with Crippen molar-refractivity contribution in [3.8, 4) is 0 Å². The third-order valence-corrected chi connectivity index (χ3v) is 4.94. The van der Waals surface area contributed by atoms with Gasteiger partial charge in [-0.2, -0.15) is 0 Å². The van der Waals surface area contributed by atoms with E-state index >= 15 is 0 Å². The highest BCUT2D eigenvalue weighted by atomic mass is 16.2. The second-order valence-electron chi connectivity index (χ2n) is 6.41. The zero-order valence-corrected chi connectivity index (χ0v) is 12.3. The summed E-state index contributed by atoms with van der Waals surface area (Å²) in [7, 11) is 0. The fraction of sp³-hybridized carbons (Fsp3) is 0.529. The van der Waals surface area contributed by atoms with Crippen LogP contribution in [0.2, 0.25) is 0 Å². The van der Waals surface area contributed by atoms with Crippen LogP contribution in [0.4, 0.5) is 5.69 Å². The molecule has 1 aliphatic carbocycles. The summed E-state index contributed by atoms with van der Waals surface area (Å²) in [6, 6.07) is 5.82. The normalized spacial score (nSPS) is 29.8. The lowest BCUT2D eigenvalue weighted by Crippen LogP contribution is -2.30. The minimum absolute atomic E-state index is 0.00908. The maximum absolute atomic E-state index is 12.6. The Hall–Kier alpha value is -1.64. The summed E-state index contributed by atoms with van der Waals surface area (Å²) in [6.07, 6.45) is 2.77. The van der Waals surface area contributed by atoms with Gasteiger partial charge in [-0.3, -0.25) is 14.5 Å². The summed E-state index contributed by atoms with van der Waals surface area (Å²) in [5.41, 5.74) is 3.04. The molecule has 3 rings (SSSR count). The van der Waals surface area contributed by atoms with Crippen molar-refractivity contribution in [2.45, 2.75) is 40.0 Å². The molecule has 2 amide bonds. The summed E-state index contributed by atoms with van der Waals surface area (Å²) in [5.74, 6) is 0.394. The smallest absolute Gasteiger partial charge is 0.237 e. The molecule has 1 saturated carbocycles. The van der Waals surface area contributed by atoms with Gasteiger partial charge in [0.1, 0.15) is 0 Å². The summed E-state index contributed by atoms with van der Waals surface area (Å²) < 4.78 is 0. The van der Waals surface area contributed by atoms with E-state index in [2.05, 4.69) is 6.92 Å². The minimum Gasteiger partial charge on any atom is -0.274 e. The Balaban J connectivity index is 1.96. The van der Waals surface area contributed by atoms with E-state index in [1.165, 1.54) is 10.5 Å². The molecule has 1 saturated heterocycles. The largest absolute Gasteiger partial charge is 0.274 e. The number of aryl methyl sites for hydroxylation is 2. The molecule has 1 heterocycles. The molecule has 0 bridgehead atoms. The van der Waals surface area contributed by atoms with Crippen molar-refractivity contribution < 1.29 is 9.59 Å². The third kappa shape index (κ3) is 1.96. The molecule has 1 aliphatic heterocycles. The van der Waals surface area contributed by atoms with E-state index < -0.39 is 0 Å². The average molecular weight is 271 g/mol. The molecule has 0 unspecified atom stereocenters. The zero-order chi connectivity index (χ0) is 14.4. The van der Waals surface area contributed by atoms with Gasteiger partial charge in [0.05, 0.1) is 17.5 Å². The number of anilines is 1. The van der Waals surface area contributed by atoms with Gasteiger partial charge in [0, 0.05) is 0 Å². The van der Waals surface area contributed by atoms with E-state index in [1.54, 1.807) is 0 Å². The third-order valence-electron chi connectivity index (χ3n) is 4.94. The van der Waals surface area contributed by atoms with Crippen molar-refractivity contribution >= 4 is 17.5 Å². The number of rotatable bonds is 1. The SMILES string of the molecule is Cc1ccc(N2C(=O)[C@H]3CC[C@H](C)C[C@@H]3C2=O)cc1C. The first-order chi connectivity index (χ1) is 9.49. The first-order valence-corrected chi connectivity index (χ1v) is 7.44. The highest BCUT2D eigenvalue weighted by molar-refractivity contribution is 6.22. The number of amides is 2. The Bertz CT molecular complexity index is 578. The Morgan fingerprint density at radius 3 is 2.40 bits per heavy atom. The first-order valence-electron chi connectivity index (χ1n) is 7.44. The van der Waals surface area contributed by atoms with Crippen LogP contribution >= 0.6 is 0 Å². The van der Waals surface area contributed by atoms with E-state index in [0.717, 1.165) is 30.5 Å². The molecule has 3 atom stereocenters. The molecular formula is C17H21NO2. The quantitative estimate of drug-likeness (QED) is 0.735. The molecule has 1 aromatic carbocycles. The molecule has 0 spiro atoms. The van der Waals surface area contributed by atoms with Crippen LogP contribution < -0.4 is 4.90 Å². The fourth-order valence-electron chi connectivity index (χ4n) is 3.51. The molecule has 0 aromatic heterocycles. The van der Waals surface area contributed by atoms with Gasteiger partial charge in [-0.05, 0) is 62.3 Å². The van der Waals surface area contributed by atoms with Gasteiger partial charge in [0.15, 0.2) is 0 Å². The number of hydrogen-bond acceptors (Lipinski definition) is 2. The van der Waals surface area contributed by atoms with Crippen LogP contribution in [0.15, 0.2) is 18.2 Å². The molecule has 106 valence electrons. The molecular weight excluding hydrogens is 250 g/mol. The van der Waals surface area contributed by atoms with E-state index in [1.807, 2.05) is 32.0 Å². The van der Waals surface area contributed by atoms with Crippen LogP contribution in [0, 0.1) is 31.6 Å². The van der Waals surface area contributed by atoms with E-state index in [0.29, 0.717) is 5.92 Å². The Kier molecular flexibility index (Phi) is 3.15. The number of fused-ring (bicyclic) bond motifs is 1. The Morgan fingerprint density at radius 1 is 1.00 bits per heavy atom. The monoisotopic (exact) mass is 271 g/mol. The van der Waals surface area contributed by atoms with Gasteiger partial charge in [-0.1, -0.05) is 13.0 Å². The van der Waals surface area contributed by atoms with E-state index in [4.69, 9.17) is 0 Å².